The number of aliphatic hydroxyl groups is 3. The van der Waals surface area contributed by atoms with Gasteiger partial charge in [-0.05, 0) is 29.7 Å². The predicted molar refractivity (Wildman–Crippen MR) is 119 cm³/mol. The number of carbonyl (C=O) groups is 2. The number of Topliss-reactive ketones (excluding diaryl/α,β-unsaturated/α-hetero) is 1. The fourth-order valence-corrected chi connectivity index (χ4v) is 5.41. The molecule has 0 aromatic heterocycles. The van der Waals surface area contributed by atoms with Crippen molar-refractivity contribution < 1.29 is 53.3 Å². The second-order valence-corrected chi connectivity index (χ2v) is 9.47. The molecule has 4 heterocycles. The molecule has 12 heteroatoms. The van der Waals surface area contributed by atoms with Crippen LogP contribution in [-0.2, 0) is 35.1 Å². The number of ketones is 1. The highest BCUT2D eigenvalue weighted by atomic mass is 16.7. The van der Waals surface area contributed by atoms with E-state index in [4.69, 9.17) is 28.4 Å². The Balaban J connectivity index is 1.42. The van der Waals surface area contributed by atoms with Crippen LogP contribution >= 0.6 is 0 Å². The lowest BCUT2D eigenvalue weighted by Gasteiger charge is -2.43. The number of fused-ring (bicyclic) bond motifs is 6. The van der Waals surface area contributed by atoms with Gasteiger partial charge in [-0.1, -0.05) is 0 Å². The van der Waals surface area contributed by atoms with Gasteiger partial charge in [0.25, 0.3) is 5.91 Å². The minimum absolute atomic E-state index is 0.0377. The molecule has 8 atom stereocenters. The standard InChI is InChI=1S/C24H31NO11/c1-31-9-18-22(32-2)20(28)21(29)24(36-18)35-17-7-14(26)12-3-4-25(23(30)19(17)27)8-11-5-15-16(6-13(11)12)34-10-33-15/h5-6,12,17-22,24,27-29H,3-4,7-10H2,1-2H3/t12-,17-,18-,19+,20-,21-,22-,24-/m1/s1. The molecule has 0 saturated carbocycles. The molecule has 2 saturated heterocycles. The Morgan fingerprint density at radius 1 is 1.08 bits per heavy atom. The number of benzene rings is 1. The lowest BCUT2D eigenvalue weighted by Crippen LogP contribution is -2.61. The van der Waals surface area contributed by atoms with Crippen LogP contribution in [0.25, 0.3) is 0 Å². The van der Waals surface area contributed by atoms with Gasteiger partial charge in [0, 0.05) is 39.6 Å². The Hall–Kier alpha value is -2.32. The van der Waals surface area contributed by atoms with Gasteiger partial charge in [-0.25, -0.2) is 0 Å². The van der Waals surface area contributed by atoms with E-state index >= 15 is 0 Å². The number of carbonyl (C=O) groups excluding carboxylic acids is 2. The molecule has 5 rings (SSSR count). The van der Waals surface area contributed by atoms with Crippen LogP contribution in [0.5, 0.6) is 11.5 Å². The van der Waals surface area contributed by atoms with Crippen molar-refractivity contribution in [1.82, 2.24) is 4.90 Å². The first-order chi connectivity index (χ1) is 17.3. The van der Waals surface area contributed by atoms with Crippen LogP contribution in [0.3, 0.4) is 0 Å². The maximum atomic E-state index is 13.5. The van der Waals surface area contributed by atoms with Crippen molar-refractivity contribution in [1.29, 1.82) is 0 Å². The van der Waals surface area contributed by atoms with Crippen LogP contribution in [0.1, 0.15) is 29.9 Å². The minimum atomic E-state index is -1.68. The summed E-state index contributed by atoms with van der Waals surface area (Å²) in [7, 11) is 2.81. The number of nitrogens with zero attached hydrogens (tertiary/aromatic N) is 1. The van der Waals surface area contributed by atoms with Crippen LogP contribution in [0, 0.1) is 0 Å². The topological polar surface area (TPSA) is 153 Å². The first-order valence-corrected chi connectivity index (χ1v) is 11.9. The molecule has 1 aromatic carbocycles. The highest BCUT2D eigenvalue weighted by molar-refractivity contribution is 5.90. The van der Waals surface area contributed by atoms with Crippen molar-refractivity contribution in [2.45, 2.75) is 68.2 Å². The monoisotopic (exact) mass is 509 g/mol. The van der Waals surface area contributed by atoms with Crippen LogP contribution in [-0.4, -0.2) is 109 Å². The first kappa shape index (κ1) is 25.3. The molecule has 0 radical (unpaired) electrons. The number of hydrogen-bond acceptors (Lipinski definition) is 11. The van der Waals surface area contributed by atoms with Crippen LogP contribution in [0.15, 0.2) is 12.1 Å². The van der Waals surface area contributed by atoms with E-state index in [0.29, 0.717) is 17.9 Å². The number of ether oxygens (including phenoxy) is 6. The summed E-state index contributed by atoms with van der Waals surface area (Å²) in [6.07, 6.45) is -8.94. The third-order valence-electron chi connectivity index (χ3n) is 7.32. The van der Waals surface area contributed by atoms with Crippen LogP contribution in [0.4, 0.5) is 0 Å². The molecular weight excluding hydrogens is 478 g/mol. The summed E-state index contributed by atoms with van der Waals surface area (Å²) in [5, 5.41) is 32.2. The fraction of sp³-hybridized carbons (Fsp3) is 0.667. The molecule has 2 bridgehead atoms. The molecule has 0 spiro atoms. The van der Waals surface area contributed by atoms with E-state index in [-0.39, 0.29) is 38.7 Å². The Kier molecular flexibility index (Phi) is 7.18. The Morgan fingerprint density at radius 2 is 1.83 bits per heavy atom. The third-order valence-corrected chi connectivity index (χ3v) is 7.32. The van der Waals surface area contributed by atoms with Crippen molar-refractivity contribution in [3.63, 3.8) is 0 Å². The summed E-state index contributed by atoms with van der Waals surface area (Å²) in [5.41, 5.74) is 1.51. The highest BCUT2D eigenvalue weighted by Crippen LogP contribution is 2.41. The van der Waals surface area contributed by atoms with Crippen molar-refractivity contribution in [2.24, 2.45) is 0 Å². The maximum Gasteiger partial charge on any atom is 0.254 e. The van der Waals surface area contributed by atoms with Gasteiger partial charge in [0.1, 0.15) is 36.3 Å². The van der Waals surface area contributed by atoms with E-state index in [2.05, 4.69) is 0 Å². The lowest BCUT2D eigenvalue weighted by atomic mass is 9.86. The van der Waals surface area contributed by atoms with Gasteiger partial charge in [0.2, 0.25) is 6.79 Å². The first-order valence-electron chi connectivity index (χ1n) is 11.9. The van der Waals surface area contributed by atoms with E-state index in [0.717, 1.165) is 11.1 Å². The average Bonchev–Trinajstić information content (AvgIpc) is 3.24. The molecule has 198 valence electrons. The van der Waals surface area contributed by atoms with Gasteiger partial charge < -0.3 is 48.6 Å². The van der Waals surface area contributed by atoms with Gasteiger partial charge in [0.05, 0.1) is 6.61 Å². The minimum Gasteiger partial charge on any atom is -0.454 e. The molecule has 12 nitrogen and oxygen atoms in total. The molecule has 0 aliphatic carbocycles. The summed E-state index contributed by atoms with van der Waals surface area (Å²) in [6.45, 7) is 0.575. The predicted octanol–water partition coefficient (Wildman–Crippen LogP) is -0.942. The summed E-state index contributed by atoms with van der Waals surface area (Å²) >= 11 is 0. The maximum absolute atomic E-state index is 13.5. The molecule has 2 fully saturated rings. The van der Waals surface area contributed by atoms with Crippen molar-refractivity contribution >= 4 is 11.7 Å². The van der Waals surface area contributed by atoms with Gasteiger partial charge in [-0.2, -0.15) is 0 Å². The van der Waals surface area contributed by atoms with Crippen molar-refractivity contribution in [3.05, 3.63) is 23.3 Å². The van der Waals surface area contributed by atoms with E-state index in [1.54, 1.807) is 12.1 Å². The van der Waals surface area contributed by atoms with Crippen molar-refractivity contribution in [3.8, 4) is 11.5 Å². The second kappa shape index (κ2) is 10.2. The van der Waals surface area contributed by atoms with Crippen molar-refractivity contribution in [2.75, 3.05) is 34.2 Å². The SMILES string of the molecule is COC[C@H]1O[C@@H](O[C@@H]2CC(=O)[C@@H]3CCN(Cc4cc5c(cc43)OCO5)C(=O)[C@H]2O)[C@H](O)[C@@H](O)[C@@H]1OC. The third kappa shape index (κ3) is 4.47. The van der Waals surface area contributed by atoms with E-state index < -0.39 is 54.7 Å². The van der Waals surface area contributed by atoms with Gasteiger partial charge in [-0.15, -0.1) is 0 Å². The fourth-order valence-electron chi connectivity index (χ4n) is 5.41. The quantitative estimate of drug-likeness (QED) is 0.451. The Morgan fingerprint density at radius 3 is 2.56 bits per heavy atom. The smallest absolute Gasteiger partial charge is 0.254 e. The number of methoxy groups -OCH3 is 2. The normalized spacial score (nSPS) is 36.2. The number of rotatable bonds is 5. The lowest BCUT2D eigenvalue weighted by molar-refractivity contribution is -0.319. The molecule has 4 aliphatic heterocycles. The molecule has 4 aliphatic rings. The number of amides is 1. The van der Waals surface area contributed by atoms with Gasteiger partial charge >= 0.3 is 0 Å². The molecule has 1 amide bonds. The molecular formula is C24H31NO11. The largest absolute Gasteiger partial charge is 0.454 e. The molecule has 36 heavy (non-hydrogen) atoms. The zero-order chi connectivity index (χ0) is 25.6. The zero-order valence-electron chi connectivity index (χ0n) is 20.1. The zero-order valence-corrected chi connectivity index (χ0v) is 20.1. The van der Waals surface area contributed by atoms with Crippen LogP contribution in [0.2, 0.25) is 0 Å². The molecule has 3 N–H and O–H groups in total. The summed E-state index contributed by atoms with van der Waals surface area (Å²) in [6, 6.07) is 3.56. The summed E-state index contributed by atoms with van der Waals surface area (Å²) in [5.74, 6) is -0.292. The average molecular weight is 510 g/mol. The van der Waals surface area contributed by atoms with E-state index in [1.165, 1.54) is 19.1 Å². The summed E-state index contributed by atoms with van der Waals surface area (Å²) < 4.78 is 33.0. The number of hydrogen-bond donors (Lipinski definition) is 3. The van der Waals surface area contributed by atoms with E-state index in [9.17, 15) is 24.9 Å². The van der Waals surface area contributed by atoms with Gasteiger partial charge in [0.15, 0.2) is 23.9 Å². The Labute approximate surface area is 207 Å². The molecule has 1 aromatic rings. The number of aliphatic hydroxyl groups excluding tert-OH is 3. The molecule has 0 unspecified atom stereocenters. The highest BCUT2D eigenvalue weighted by Gasteiger charge is 2.48. The van der Waals surface area contributed by atoms with Gasteiger partial charge in [-0.3, -0.25) is 9.59 Å². The second-order valence-electron chi connectivity index (χ2n) is 9.47. The van der Waals surface area contributed by atoms with E-state index in [1.807, 2.05) is 0 Å². The summed E-state index contributed by atoms with van der Waals surface area (Å²) in [4.78, 5) is 28.3. The van der Waals surface area contributed by atoms with Crippen LogP contribution < -0.4 is 9.47 Å². The Bertz CT molecular complexity index is 1000.